The molecule has 0 unspecified atom stereocenters. The third kappa shape index (κ3) is 1.92. The highest BCUT2D eigenvalue weighted by Crippen LogP contribution is 2.32. The quantitative estimate of drug-likeness (QED) is 0.609. The molecule has 0 aliphatic rings. The Bertz CT molecular complexity index is 676. The highest BCUT2D eigenvalue weighted by molar-refractivity contribution is 7.18. The highest BCUT2D eigenvalue weighted by Gasteiger charge is 2.10. The minimum Gasteiger partial charge on any atom is -0.217 e. The molecule has 0 aliphatic heterocycles. The van der Waals surface area contributed by atoms with Crippen molar-refractivity contribution in [3.63, 3.8) is 0 Å². The zero-order valence-electron chi connectivity index (χ0n) is 9.14. The van der Waals surface area contributed by atoms with Gasteiger partial charge in [-0.25, -0.2) is 9.97 Å². The van der Waals surface area contributed by atoms with Crippen molar-refractivity contribution in [2.75, 3.05) is 0 Å². The van der Waals surface area contributed by atoms with Gasteiger partial charge in [-0.2, -0.15) is 0 Å². The van der Waals surface area contributed by atoms with Gasteiger partial charge < -0.3 is 0 Å². The van der Waals surface area contributed by atoms with Crippen molar-refractivity contribution in [3.05, 3.63) is 46.6 Å². The van der Waals surface area contributed by atoms with Crippen molar-refractivity contribution in [3.8, 4) is 11.3 Å². The van der Waals surface area contributed by atoms with E-state index in [-0.39, 0.29) is 0 Å². The van der Waals surface area contributed by atoms with Crippen LogP contribution >= 0.6 is 22.9 Å². The average Bonchev–Trinajstić information content (AvgIpc) is 2.69. The van der Waals surface area contributed by atoms with Gasteiger partial charge >= 0.3 is 0 Å². The molecule has 2 aromatic heterocycles. The molecule has 0 radical (unpaired) electrons. The summed E-state index contributed by atoms with van der Waals surface area (Å²) in [6.45, 7) is 2.06. The van der Waals surface area contributed by atoms with Gasteiger partial charge in [0.2, 0.25) is 5.28 Å². The number of aryl methyl sites for hydroxylation is 1. The molecule has 0 atom stereocenters. The molecule has 17 heavy (non-hydrogen) atoms. The van der Waals surface area contributed by atoms with Crippen LogP contribution in [0.25, 0.3) is 21.5 Å². The van der Waals surface area contributed by atoms with E-state index in [1.165, 1.54) is 4.88 Å². The lowest BCUT2D eigenvalue weighted by Crippen LogP contribution is -1.87. The van der Waals surface area contributed by atoms with E-state index in [1.54, 1.807) is 11.3 Å². The third-order valence-corrected chi connectivity index (χ3v) is 3.65. The predicted octanol–water partition coefficient (Wildman–Crippen LogP) is 4.32. The maximum Gasteiger partial charge on any atom is 0.224 e. The van der Waals surface area contributed by atoms with E-state index in [9.17, 15) is 0 Å². The van der Waals surface area contributed by atoms with E-state index in [4.69, 9.17) is 11.6 Å². The van der Waals surface area contributed by atoms with Crippen molar-refractivity contribution >= 4 is 33.2 Å². The van der Waals surface area contributed by atoms with Crippen molar-refractivity contribution in [1.82, 2.24) is 9.97 Å². The minimum atomic E-state index is 0.304. The molecular formula is C13H9ClN2S. The lowest BCUT2D eigenvalue weighted by atomic mass is 10.1. The van der Waals surface area contributed by atoms with E-state index in [1.807, 2.05) is 30.3 Å². The topological polar surface area (TPSA) is 25.8 Å². The molecule has 2 heterocycles. The first kappa shape index (κ1) is 10.7. The molecule has 0 amide bonds. The standard InChI is InChI=1S/C13H9ClN2S/c1-8-7-10-11(9-5-3-2-4-6-9)15-13(14)16-12(10)17-8/h2-7H,1H3. The summed E-state index contributed by atoms with van der Waals surface area (Å²) >= 11 is 7.61. The number of rotatable bonds is 1. The fourth-order valence-corrected chi connectivity index (χ4v) is 2.93. The highest BCUT2D eigenvalue weighted by atomic mass is 35.5. The molecule has 0 saturated heterocycles. The molecule has 1 aromatic carbocycles. The number of hydrogen-bond donors (Lipinski definition) is 0. The van der Waals surface area contributed by atoms with Crippen LogP contribution in [0.4, 0.5) is 0 Å². The summed E-state index contributed by atoms with van der Waals surface area (Å²) in [5, 5.41) is 1.38. The summed E-state index contributed by atoms with van der Waals surface area (Å²) in [4.78, 5) is 10.8. The first-order valence-corrected chi connectivity index (χ1v) is 6.42. The molecule has 3 aromatic rings. The molecular weight excluding hydrogens is 252 g/mol. The maximum atomic E-state index is 5.97. The number of benzene rings is 1. The van der Waals surface area contributed by atoms with Crippen molar-refractivity contribution < 1.29 is 0 Å². The van der Waals surface area contributed by atoms with Gasteiger partial charge in [0.25, 0.3) is 0 Å². The van der Waals surface area contributed by atoms with E-state index >= 15 is 0 Å². The fourth-order valence-electron chi connectivity index (χ4n) is 1.83. The number of aromatic nitrogens is 2. The Kier molecular flexibility index (Phi) is 2.57. The monoisotopic (exact) mass is 260 g/mol. The van der Waals surface area contributed by atoms with Crippen LogP contribution in [0.15, 0.2) is 36.4 Å². The Labute approximate surface area is 108 Å². The number of hydrogen-bond acceptors (Lipinski definition) is 3. The molecule has 4 heteroatoms. The van der Waals surface area contributed by atoms with Gasteiger partial charge in [0, 0.05) is 15.8 Å². The van der Waals surface area contributed by atoms with Gasteiger partial charge in [-0.1, -0.05) is 30.3 Å². The van der Waals surface area contributed by atoms with Crippen LogP contribution in [-0.4, -0.2) is 9.97 Å². The van der Waals surface area contributed by atoms with E-state index in [0.717, 1.165) is 21.5 Å². The van der Waals surface area contributed by atoms with Gasteiger partial charge in [0.1, 0.15) is 4.83 Å². The second-order valence-corrected chi connectivity index (χ2v) is 5.36. The Morgan fingerprint density at radius 2 is 1.88 bits per heavy atom. The zero-order chi connectivity index (χ0) is 11.8. The van der Waals surface area contributed by atoms with Crippen LogP contribution in [0.3, 0.4) is 0 Å². The lowest BCUT2D eigenvalue weighted by Gasteiger charge is -2.02. The molecule has 0 fully saturated rings. The molecule has 0 bridgehead atoms. The largest absolute Gasteiger partial charge is 0.224 e. The van der Waals surface area contributed by atoms with Crippen LogP contribution in [0.2, 0.25) is 5.28 Å². The normalized spacial score (nSPS) is 10.9. The van der Waals surface area contributed by atoms with Crippen LogP contribution in [-0.2, 0) is 0 Å². The number of fused-ring (bicyclic) bond motifs is 1. The third-order valence-electron chi connectivity index (χ3n) is 2.54. The Hall–Kier alpha value is -1.45. The summed E-state index contributed by atoms with van der Waals surface area (Å²) in [7, 11) is 0. The van der Waals surface area contributed by atoms with Crippen LogP contribution < -0.4 is 0 Å². The lowest BCUT2D eigenvalue weighted by molar-refractivity contribution is 1.24. The van der Waals surface area contributed by atoms with Crippen LogP contribution in [0, 0.1) is 6.92 Å². The number of nitrogens with zero attached hydrogens (tertiary/aromatic N) is 2. The van der Waals surface area contributed by atoms with Gasteiger partial charge in [-0.15, -0.1) is 11.3 Å². The summed E-state index contributed by atoms with van der Waals surface area (Å²) in [6, 6.07) is 12.2. The van der Waals surface area contributed by atoms with Gasteiger partial charge in [-0.3, -0.25) is 0 Å². The Morgan fingerprint density at radius 3 is 2.65 bits per heavy atom. The summed E-state index contributed by atoms with van der Waals surface area (Å²) < 4.78 is 0. The molecule has 0 saturated carbocycles. The van der Waals surface area contributed by atoms with E-state index < -0.39 is 0 Å². The Morgan fingerprint density at radius 1 is 1.12 bits per heavy atom. The molecule has 2 nitrogen and oxygen atoms in total. The van der Waals surface area contributed by atoms with Crippen molar-refractivity contribution in [2.24, 2.45) is 0 Å². The Balaban J connectivity index is 2.35. The van der Waals surface area contributed by atoms with E-state index in [0.29, 0.717) is 5.28 Å². The maximum absolute atomic E-state index is 5.97. The molecule has 0 spiro atoms. The second-order valence-electron chi connectivity index (χ2n) is 3.78. The summed E-state index contributed by atoms with van der Waals surface area (Å²) in [5.74, 6) is 0. The fraction of sp³-hybridized carbons (Fsp3) is 0.0769. The first-order valence-electron chi connectivity index (χ1n) is 5.23. The summed E-state index contributed by atoms with van der Waals surface area (Å²) in [6.07, 6.45) is 0. The minimum absolute atomic E-state index is 0.304. The van der Waals surface area contributed by atoms with E-state index in [2.05, 4.69) is 23.0 Å². The molecule has 84 valence electrons. The smallest absolute Gasteiger partial charge is 0.217 e. The van der Waals surface area contributed by atoms with Gasteiger partial charge in [-0.05, 0) is 24.6 Å². The molecule has 0 aliphatic carbocycles. The molecule has 0 N–H and O–H groups in total. The zero-order valence-corrected chi connectivity index (χ0v) is 10.7. The summed E-state index contributed by atoms with van der Waals surface area (Å²) in [5.41, 5.74) is 1.98. The second kappa shape index (κ2) is 4.09. The van der Waals surface area contributed by atoms with Crippen LogP contribution in [0.5, 0.6) is 0 Å². The average molecular weight is 261 g/mol. The van der Waals surface area contributed by atoms with Crippen LogP contribution in [0.1, 0.15) is 4.88 Å². The van der Waals surface area contributed by atoms with Gasteiger partial charge in [0.15, 0.2) is 0 Å². The number of thiophene rings is 1. The number of halogens is 1. The predicted molar refractivity (Wildman–Crippen MR) is 72.6 cm³/mol. The van der Waals surface area contributed by atoms with Gasteiger partial charge in [0.05, 0.1) is 5.69 Å². The SMILES string of the molecule is Cc1cc2c(-c3ccccc3)nc(Cl)nc2s1. The van der Waals surface area contributed by atoms with Crippen molar-refractivity contribution in [1.29, 1.82) is 0 Å². The first-order chi connectivity index (χ1) is 8.24. The molecule has 3 rings (SSSR count). The van der Waals surface area contributed by atoms with Crippen molar-refractivity contribution in [2.45, 2.75) is 6.92 Å².